The van der Waals surface area contributed by atoms with Gasteiger partial charge in [0.05, 0.1) is 26.4 Å². The fourth-order valence-electron chi connectivity index (χ4n) is 7.20. The van der Waals surface area contributed by atoms with Gasteiger partial charge in [0.1, 0.15) is 54.9 Å². The molecule has 11 atom stereocenters. The Kier molecular flexibility index (Phi) is 30.4. The first-order valence-electron chi connectivity index (χ1n) is 22.8. The zero-order valence-electron chi connectivity index (χ0n) is 35.8. The molecule has 0 spiro atoms. The third kappa shape index (κ3) is 22.0. The Hall–Kier alpha value is -1.27. The molecule has 342 valence electrons. The van der Waals surface area contributed by atoms with Crippen molar-refractivity contribution < 1.29 is 69.0 Å². The summed E-state index contributed by atoms with van der Waals surface area (Å²) < 4.78 is 33.7. The minimum absolute atomic E-state index is 0.0601. The van der Waals surface area contributed by atoms with Gasteiger partial charge in [-0.1, -0.05) is 129 Å². The number of hydrogen-bond donors (Lipinski definition) is 7. The van der Waals surface area contributed by atoms with Crippen LogP contribution in [0.25, 0.3) is 0 Å². The zero-order valence-corrected chi connectivity index (χ0v) is 35.8. The van der Waals surface area contributed by atoms with Crippen LogP contribution in [0, 0.1) is 0 Å². The van der Waals surface area contributed by atoms with Gasteiger partial charge in [-0.25, -0.2) is 0 Å². The molecule has 0 aromatic heterocycles. The first kappa shape index (κ1) is 52.9. The topological polar surface area (TPSA) is 214 Å². The van der Waals surface area contributed by atoms with Gasteiger partial charge in [-0.3, -0.25) is 4.79 Å². The van der Waals surface area contributed by atoms with Gasteiger partial charge in [0.15, 0.2) is 12.6 Å². The van der Waals surface area contributed by atoms with Crippen molar-refractivity contribution >= 4 is 5.97 Å². The van der Waals surface area contributed by atoms with E-state index in [0.717, 1.165) is 25.7 Å². The van der Waals surface area contributed by atoms with Crippen LogP contribution in [0.1, 0.15) is 162 Å². The SMILES string of the molecule is CCCCCCCCCC/C=C\CCCCCCCCCCCCOCC(COC1OC(COC2OC(CO)C(O)C(O)C2O)C(O)C(O)C1O)OC(=O)CCCC. The lowest BCUT2D eigenvalue weighted by Gasteiger charge is -2.42. The molecule has 2 fully saturated rings. The summed E-state index contributed by atoms with van der Waals surface area (Å²) in [4.78, 5) is 12.5. The van der Waals surface area contributed by atoms with Gasteiger partial charge in [-0.2, -0.15) is 0 Å². The lowest BCUT2D eigenvalue weighted by Crippen LogP contribution is -2.61. The molecule has 0 saturated carbocycles. The van der Waals surface area contributed by atoms with Gasteiger partial charge in [-0.15, -0.1) is 0 Å². The van der Waals surface area contributed by atoms with Gasteiger partial charge < -0.3 is 64.2 Å². The van der Waals surface area contributed by atoms with Crippen molar-refractivity contribution in [2.24, 2.45) is 0 Å². The number of unbranched alkanes of at least 4 members (excludes halogenated alkanes) is 19. The molecule has 2 rings (SSSR count). The van der Waals surface area contributed by atoms with Gasteiger partial charge in [0.25, 0.3) is 0 Å². The van der Waals surface area contributed by atoms with Crippen LogP contribution in [0.3, 0.4) is 0 Å². The Labute approximate surface area is 348 Å². The third-order valence-corrected chi connectivity index (χ3v) is 11.0. The van der Waals surface area contributed by atoms with E-state index in [1.165, 1.54) is 109 Å². The van der Waals surface area contributed by atoms with Gasteiger partial charge in [0.2, 0.25) is 0 Å². The van der Waals surface area contributed by atoms with Crippen LogP contribution in [-0.4, -0.2) is 142 Å². The molecule has 0 radical (unpaired) electrons. The molecule has 11 unspecified atom stereocenters. The van der Waals surface area contributed by atoms with E-state index in [2.05, 4.69) is 19.1 Å². The molecular formula is C44H82O14. The van der Waals surface area contributed by atoms with Crippen molar-refractivity contribution in [1.82, 2.24) is 0 Å². The molecule has 0 amide bonds. The molecule has 14 heteroatoms. The summed E-state index contributed by atoms with van der Waals surface area (Å²) in [5.41, 5.74) is 0. The number of carbonyl (C=O) groups is 1. The standard InChI is InChI=1S/C44H82O14/c1-3-5-7-8-9-10-11-12-13-14-15-16-17-18-19-20-21-22-23-24-25-26-28-53-30-33(56-36(46)27-6-4-2)31-54-43-42(52)40(50)38(48)35(58-43)32-55-44-41(51)39(49)37(47)34(29-45)57-44/h14-15,33-35,37-45,47-52H,3-13,16-32H2,1-2H3/b15-14-. The number of rotatable bonds is 35. The Morgan fingerprint density at radius 3 is 1.55 bits per heavy atom. The second-order valence-corrected chi connectivity index (χ2v) is 16.2. The van der Waals surface area contributed by atoms with E-state index in [1.54, 1.807) is 0 Å². The van der Waals surface area contributed by atoms with Crippen molar-refractivity contribution in [1.29, 1.82) is 0 Å². The highest BCUT2D eigenvalue weighted by molar-refractivity contribution is 5.69. The summed E-state index contributed by atoms with van der Waals surface area (Å²) in [6, 6.07) is 0. The quantitative estimate of drug-likeness (QED) is 0.0251. The summed E-state index contributed by atoms with van der Waals surface area (Å²) in [5, 5.41) is 71.4. The van der Waals surface area contributed by atoms with Crippen LogP contribution in [-0.2, 0) is 33.2 Å². The van der Waals surface area contributed by atoms with Crippen LogP contribution in [0.15, 0.2) is 12.2 Å². The monoisotopic (exact) mass is 835 g/mol. The lowest BCUT2D eigenvalue weighted by atomic mass is 9.98. The molecule has 0 aromatic carbocycles. The molecule has 58 heavy (non-hydrogen) atoms. The summed E-state index contributed by atoms with van der Waals surface area (Å²) >= 11 is 0. The van der Waals surface area contributed by atoms with Crippen molar-refractivity contribution in [2.45, 2.75) is 229 Å². The molecular weight excluding hydrogens is 752 g/mol. The number of allylic oxidation sites excluding steroid dienone is 2. The Morgan fingerprint density at radius 1 is 0.552 bits per heavy atom. The summed E-state index contributed by atoms with van der Waals surface area (Å²) in [5.74, 6) is -0.411. The molecule has 2 aliphatic heterocycles. The predicted molar refractivity (Wildman–Crippen MR) is 220 cm³/mol. The highest BCUT2D eigenvalue weighted by Gasteiger charge is 2.47. The highest BCUT2D eigenvalue weighted by Crippen LogP contribution is 2.26. The molecule has 0 aliphatic carbocycles. The predicted octanol–water partition coefficient (Wildman–Crippen LogP) is 5.12. The van der Waals surface area contributed by atoms with E-state index in [1.807, 2.05) is 6.92 Å². The van der Waals surface area contributed by atoms with Crippen molar-refractivity contribution in [3.63, 3.8) is 0 Å². The Balaban J connectivity index is 1.60. The maximum absolute atomic E-state index is 12.5. The van der Waals surface area contributed by atoms with E-state index >= 15 is 0 Å². The van der Waals surface area contributed by atoms with Crippen LogP contribution in [0.5, 0.6) is 0 Å². The molecule has 0 bridgehead atoms. The normalized spacial score (nSPS) is 28.3. The zero-order chi connectivity index (χ0) is 42.4. The summed E-state index contributed by atoms with van der Waals surface area (Å²) in [6.45, 7) is 3.42. The third-order valence-electron chi connectivity index (χ3n) is 11.0. The fraction of sp³-hybridized carbons (Fsp3) is 0.932. The number of esters is 1. The average molecular weight is 835 g/mol. The van der Waals surface area contributed by atoms with Crippen LogP contribution < -0.4 is 0 Å². The Morgan fingerprint density at radius 2 is 1.02 bits per heavy atom. The molecule has 2 heterocycles. The largest absolute Gasteiger partial charge is 0.457 e. The minimum Gasteiger partial charge on any atom is -0.457 e. The van der Waals surface area contributed by atoms with Gasteiger partial charge >= 0.3 is 5.97 Å². The number of aliphatic hydroxyl groups excluding tert-OH is 7. The second kappa shape index (κ2) is 33.4. The van der Waals surface area contributed by atoms with Gasteiger partial charge in [0, 0.05) is 13.0 Å². The van der Waals surface area contributed by atoms with E-state index in [4.69, 9.17) is 28.4 Å². The number of aliphatic hydroxyl groups is 7. The van der Waals surface area contributed by atoms with Crippen LogP contribution in [0.4, 0.5) is 0 Å². The average Bonchev–Trinajstić information content (AvgIpc) is 3.22. The van der Waals surface area contributed by atoms with Crippen molar-refractivity contribution in [3.8, 4) is 0 Å². The van der Waals surface area contributed by atoms with Crippen molar-refractivity contribution in [2.75, 3.05) is 33.0 Å². The number of hydrogen-bond acceptors (Lipinski definition) is 14. The number of ether oxygens (including phenoxy) is 6. The smallest absolute Gasteiger partial charge is 0.306 e. The maximum atomic E-state index is 12.5. The lowest BCUT2D eigenvalue weighted by molar-refractivity contribution is -0.332. The molecule has 7 N–H and O–H groups in total. The Bertz CT molecular complexity index is 1020. The molecule has 2 saturated heterocycles. The second-order valence-electron chi connectivity index (χ2n) is 16.2. The molecule has 0 aromatic rings. The summed E-state index contributed by atoms with van der Waals surface area (Å²) in [6.07, 6.45) is 15.7. The summed E-state index contributed by atoms with van der Waals surface area (Å²) in [7, 11) is 0. The minimum atomic E-state index is -1.70. The van der Waals surface area contributed by atoms with Crippen LogP contribution in [0.2, 0.25) is 0 Å². The van der Waals surface area contributed by atoms with E-state index in [9.17, 15) is 40.5 Å². The molecule has 14 nitrogen and oxygen atoms in total. The maximum Gasteiger partial charge on any atom is 0.306 e. The van der Waals surface area contributed by atoms with E-state index < -0.39 is 86.7 Å². The number of carbonyl (C=O) groups excluding carboxylic acids is 1. The highest BCUT2D eigenvalue weighted by atomic mass is 16.7. The van der Waals surface area contributed by atoms with E-state index in [-0.39, 0.29) is 19.6 Å². The first-order chi connectivity index (χ1) is 28.1. The van der Waals surface area contributed by atoms with Crippen LogP contribution >= 0.6 is 0 Å². The van der Waals surface area contributed by atoms with Crippen molar-refractivity contribution in [3.05, 3.63) is 12.2 Å². The van der Waals surface area contributed by atoms with Gasteiger partial charge in [-0.05, 0) is 38.5 Å². The molecule has 2 aliphatic rings. The van der Waals surface area contributed by atoms with E-state index in [0.29, 0.717) is 13.0 Å². The fourth-order valence-corrected chi connectivity index (χ4v) is 7.20. The first-order valence-corrected chi connectivity index (χ1v) is 22.8.